The second kappa shape index (κ2) is 8.42. The van der Waals surface area contributed by atoms with Crippen molar-refractivity contribution in [1.29, 1.82) is 0 Å². The van der Waals surface area contributed by atoms with E-state index in [2.05, 4.69) is 24.3 Å². The molecular weight excluding hydrogens is 419 g/mol. The Morgan fingerprint density at radius 2 is 0.931 bits per heavy atom. The molecule has 4 aromatic carbocycles. The Morgan fingerprint density at radius 3 is 1.34 bits per heavy atom. The van der Waals surface area contributed by atoms with Crippen LogP contribution in [-0.4, -0.2) is 0 Å². The van der Waals surface area contributed by atoms with E-state index in [4.69, 9.17) is 34.7 Å². The summed E-state index contributed by atoms with van der Waals surface area (Å²) >= 11 is 14.6. The lowest BCUT2D eigenvalue weighted by Gasteiger charge is -2.15. The zero-order valence-corrected chi connectivity index (χ0v) is 17.7. The highest BCUT2D eigenvalue weighted by atomic mass is 35.5. The molecule has 2 nitrogen and oxygen atoms in total. The first-order valence-corrected chi connectivity index (χ1v) is 10.6. The highest BCUT2D eigenvalue weighted by Crippen LogP contribution is 2.43. The summed E-state index contributed by atoms with van der Waals surface area (Å²) in [5.74, 6) is 0. The number of halogens is 2. The van der Waals surface area contributed by atoms with E-state index in [1.54, 1.807) is 23.9 Å². The van der Waals surface area contributed by atoms with Gasteiger partial charge in [-0.2, -0.15) is 0 Å². The summed E-state index contributed by atoms with van der Waals surface area (Å²) in [6.45, 7) is 0. The SMILES string of the molecule is Nc1ccc(-c2ccccc2Sc2ccccc2-c2ccc(N)cc2Cl)c(Cl)c1. The molecule has 0 aliphatic rings. The van der Waals surface area contributed by atoms with E-state index >= 15 is 0 Å². The third-order valence-electron chi connectivity index (χ3n) is 4.56. The highest BCUT2D eigenvalue weighted by Gasteiger charge is 2.14. The number of benzene rings is 4. The van der Waals surface area contributed by atoms with Crippen LogP contribution < -0.4 is 11.5 Å². The van der Waals surface area contributed by atoms with Crippen molar-refractivity contribution < 1.29 is 0 Å². The van der Waals surface area contributed by atoms with Crippen LogP contribution >= 0.6 is 35.0 Å². The van der Waals surface area contributed by atoms with Crippen LogP contribution in [-0.2, 0) is 0 Å². The fourth-order valence-electron chi connectivity index (χ4n) is 3.17. The Hall–Kier alpha value is -2.59. The van der Waals surface area contributed by atoms with Gasteiger partial charge in [-0.05, 0) is 47.5 Å². The quantitative estimate of drug-likeness (QED) is 0.323. The Labute approximate surface area is 184 Å². The molecule has 4 aromatic rings. The van der Waals surface area contributed by atoms with E-state index in [-0.39, 0.29) is 0 Å². The number of hydrogen-bond donors (Lipinski definition) is 2. The molecular formula is C24H18Cl2N2S. The van der Waals surface area contributed by atoms with Crippen LogP contribution in [0.1, 0.15) is 0 Å². The minimum Gasteiger partial charge on any atom is -0.399 e. The molecule has 0 bridgehead atoms. The van der Waals surface area contributed by atoms with Crippen LogP contribution in [0.2, 0.25) is 10.0 Å². The molecule has 0 radical (unpaired) electrons. The predicted octanol–water partition coefficient (Wildman–Crippen LogP) is 7.64. The topological polar surface area (TPSA) is 52.0 Å². The molecule has 0 aliphatic heterocycles. The number of nitrogen functional groups attached to an aromatic ring is 2. The van der Waals surface area contributed by atoms with Crippen molar-refractivity contribution in [1.82, 2.24) is 0 Å². The molecule has 0 aromatic heterocycles. The van der Waals surface area contributed by atoms with Gasteiger partial charge in [-0.25, -0.2) is 0 Å². The van der Waals surface area contributed by atoms with Gasteiger partial charge in [0.2, 0.25) is 0 Å². The fraction of sp³-hybridized carbons (Fsp3) is 0. The van der Waals surface area contributed by atoms with Crippen LogP contribution in [0.5, 0.6) is 0 Å². The van der Waals surface area contributed by atoms with Gasteiger partial charge in [-0.15, -0.1) is 0 Å². The summed E-state index contributed by atoms with van der Waals surface area (Å²) in [4.78, 5) is 2.19. The molecule has 0 unspecified atom stereocenters. The molecule has 144 valence electrons. The minimum absolute atomic E-state index is 0.632. The van der Waals surface area contributed by atoms with Gasteiger partial charge < -0.3 is 11.5 Å². The minimum atomic E-state index is 0.632. The number of anilines is 2. The van der Waals surface area contributed by atoms with Gasteiger partial charge in [-0.3, -0.25) is 0 Å². The maximum absolute atomic E-state index is 6.48. The normalized spacial score (nSPS) is 10.8. The van der Waals surface area contributed by atoms with E-state index in [0.29, 0.717) is 21.4 Å². The molecule has 5 heteroatoms. The van der Waals surface area contributed by atoms with E-state index in [9.17, 15) is 0 Å². The van der Waals surface area contributed by atoms with Crippen LogP contribution in [0.15, 0.2) is 94.7 Å². The average Bonchev–Trinajstić information content (AvgIpc) is 2.70. The van der Waals surface area contributed by atoms with E-state index in [0.717, 1.165) is 32.0 Å². The number of hydrogen-bond acceptors (Lipinski definition) is 3. The molecule has 0 saturated heterocycles. The van der Waals surface area contributed by atoms with Crippen molar-refractivity contribution in [2.45, 2.75) is 9.79 Å². The summed E-state index contributed by atoms with van der Waals surface area (Å²) in [5.41, 5.74) is 17.0. The molecule has 4 rings (SSSR count). The van der Waals surface area contributed by atoms with E-state index in [1.807, 2.05) is 48.5 Å². The number of nitrogens with two attached hydrogens (primary N) is 2. The lowest BCUT2D eigenvalue weighted by Crippen LogP contribution is -1.90. The standard InChI is InChI=1S/C24H18Cl2N2S/c25-21-13-15(27)9-11-17(21)19-5-1-3-7-23(19)29-24-8-4-2-6-20(24)18-12-10-16(28)14-22(18)26/h1-14H,27-28H2. The largest absolute Gasteiger partial charge is 0.399 e. The van der Waals surface area contributed by atoms with Gasteiger partial charge in [0.15, 0.2) is 0 Å². The average molecular weight is 437 g/mol. The molecule has 0 aliphatic carbocycles. The van der Waals surface area contributed by atoms with Gasteiger partial charge in [0.1, 0.15) is 0 Å². The van der Waals surface area contributed by atoms with E-state index < -0.39 is 0 Å². The van der Waals surface area contributed by atoms with E-state index in [1.165, 1.54) is 0 Å². The monoisotopic (exact) mass is 436 g/mol. The first-order chi connectivity index (χ1) is 14.0. The Kier molecular flexibility index (Phi) is 5.72. The van der Waals surface area contributed by atoms with Gasteiger partial charge in [-0.1, -0.05) is 83.5 Å². The fourth-order valence-corrected chi connectivity index (χ4v) is 4.86. The molecule has 4 N–H and O–H groups in total. The van der Waals surface area contributed by atoms with Crippen molar-refractivity contribution in [3.05, 3.63) is 95.0 Å². The van der Waals surface area contributed by atoms with Crippen molar-refractivity contribution in [3.63, 3.8) is 0 Å². The van der Waals surface area contributed by atoms with Gasteiger partial charge in [0.25, 0.3) is 0 Å². The zero-order valence-electron chi connectivity index (χ0n) is 15.4. The molecule has 0 saturated carbocycles. The summed E-state index contributed by atoms with van der Waals surface area (Å²) in [7, 11) is 0. The second-order valence-corrected chi connectivity index (χ2v) is 8.47. The molecule has 0 amide bonds. The predicted molar refractivity (Wildman–Crippen MR) is 127 cm³/mol. The first kappa shape index (κ1) is 19.7. The van der Waals surface area contributed by atoms with Crippen LogP contribution in [0.25, 0.3) is 22.3 Å². The maximum atomic E-state index is 6.48. The van der Waals surface area contributed by atoms with Crippen LogP contribution in [0.3, 0.4) is 0 Å². The third-order valence-corrected chi connectivity index (χ3v) is 6.34. The molecule has 0 fully saturated rings. The van der Waals surface area contributed by atoms with Crippen molar-refractivity contribution in [3.8, 4) is 22.3 Å². The molecule has 0 spiro atoms. The van der Waals surface area contributed by atoms with Gasteiger partial charge in [0.05, 0.1) is 10.0 Å². The number of rotatable bonds is 4. The summed E-state index contributed by atoms with van der Waals surface area (Å²) < 4.78 is 0. The highest BCUT2D eigenvalue weighted by molar-refractivity contribution is 7.99. The smallest absolute Gasteiger partial charge is 0.0505 e. The van der Waals surface area contributed by atoms with Gasteiger partial charge in [0, 0.05) is 32.3 Å². The second-order valence-electron chi connectivity index (χ2n) is 6.57. The van der Waals surface area contributed by atoms with Crippen LogP contribution in [0, 0.1) is 0 Å². The van der Waals surface area contributed by atoms with Crippen molar-refractivity contribution in [2.75, 3.05) is 11.5 Å². The molecule has 0 atom stereocenters. The lowest BCUT2D eigenvalue weighted by atomic mass is 10.1. The summed E-state index contributed by atoms with van der Waals surface area (Å²) in [5, 5.41) is 1.26. The van der Waals surface area contributed by atoms with Crippen LogP contribution in [0.4, 0.5) is 11.4 Å². The lowest BCUT2D eigenvalue weighted by molar-refractivity contribution is 1.39. The summed E-state index contributed by atoms with van der Waals surface area (Å²) in [6.07, 6.45) is 0. The summed E-state index contributed by atoms with van der Waals surface area (Å²) in [6, 6.07) is 27.6. The Balaban J connectivity index is 1.79. The van der Waals surface area contributed by atoms with Crippen molar-refractivity contribution >= 4 is 46.3 Å². The molecule has 29 heavy (non-hydrogen) atoms. The molecule has 0 heterocycles. The van der Waals surface area contributed by atoms with Crippen molar-refractivity contribution in [2.24, 2.45) is 0 Å². The first-order valence-electron chi connectivity index (χ1n) is 8.99. The maximum Gasteiger partial charge on any atom is 0.0505 e. The zero-order chi connectivity index (χ0) is 20.4. The van der Waals surface area contributed by atoms with Gasteiger partial charge >= 0.3 is 0 Å². The Morgan fingerprint density at radius 1 is 0.517 bits per heavy atom. The third kappa shape index (κ3) is 4.23. The Bertz CT molecular complexity index is 1100.